The van der Waals surface area contributed by atoms with Gasteiger partial charge in [0.15, 0.2) is 0 Å². The van der Waals surface area contributed by atoms with Crippen molar-refractivity contribution < 1.29 is 122 Å². The van der Waals surface area contributed by atoms with E-state index in [4.69, 9.17) is 15.9 Å². The third kappa shape index (κ3) is 9.55. The molecule has 0 unspecified atom stereocenters. The second kappa shape index (κ2) is 14.3. The van der Waals surface area contributed by atoms with E-state index in [0.717, 1.165) is 0 Å². The van der Waals surface area contributed by atoms with E-state index in [2.05, 4.69) is 5.32 Å². The van der Waals surface area contributed by atoms with Crippen LogP contribution in [0.1, 0.15) is 37.8 Å². The zero-order chi connectivity index (χ0) is 16.0. The summed E-state index contributed by atoms with van der Waals surface area (Å²) in [7, 11) is 0. The Balaban J connectivity index is -0.000000184. The topological polar surface area (TPSA) is 147 Å². The van der Waals surface area contributed by atoms with Crippen LogP contribution in [0, 0.1) is 0 Å². The number of primary amides is 1. The number of hydrogen-bond donors (Lipinski definition) is 4. The van der Waals surface area contributed by atoms with Crippen molar-refractivity contribution in [2.24, 2.45) is 5.73 Å². The van der Waals surface area contributed by atoms with E-state index in [1.807, 2.05) is 0 Å². The molecule has 1 atom stereocenters. The molecular formula is C13H17N2Na3O6. The number of rotatable bonds is 7. The first-order valence-corrected chi connectivity index (χ1v) is 5.97. The van der Waals surface area contributed by atoms with Gasteiger partial charge in [0.1, 0.15) is 6.04 Å². The molecule has 0 heterocycles. The second-order valence-electron chi connectivity index (χ2n) is 4.21. The van der Waals surface area contributed by atoms with Gasteiger partial charge in [-0.2, -0.15) is 0 Å². The number of hydrogen-bond acceptors (Lipinski definition) is 4. The molecule has 0 fully saturated rings. The zero-order valence-corrected chi connectivity index (χ0v) is 19.9. The second-order valence-corrected chi connectivity index (χ2v) is 4.21. The maximum Gasteiger partial charge on any atom is 1.00 e. The fourth-order valence-corrected chi connectivity index (χ4v) is 1.66. The Bertz CT molecular complexity index is 610. The minimum Gasteiger partial charge on any atom is -1.00 e. The Kier molecular flexibility index (Phi) is 17.2. The number of carbonyl (C=O) groups excluding carboxylic acids is 2. The van der Waals surface area contributed by atoms with Gasteiger partial charge in [-0.1, -0.05) is 12.1 Å². The molecule has 0 bridgehead atoms. The van der Waals surface area contributed by atoms with Crippen molar-refractivity contribution in [3.05, 3.63) is 35.4 Å². The quantitative estimate of drug-likeness (QED) is 0.353. The standard InChI is InChI=1S/C13H14N2O6.3Na.3H/c14-11(18)7-3-1-2-4-8(7)12(19)15-9(13(20)21)5-6-10(16)17;;;;;;/h1-4,9H,5-6H2,(H2,14,18)(H,15,19)(H,16,17)(H,20,21);;;;;;/q;3*+1;3*-1/t9-;;;;;;/m0....../s1. The Morgan fingerprint density at radius 1 is 1.04 bits per heavy atom. The van der Waals surface area contributed by atoms with Gasteiger partial charge in [0.05, 0.1) is 11.1 Å². The van der Waals surface area contributed by atoms with Gasteiger partial charge in [0.25, 0.3) is 5.91 Å². The van der Waals surface area contributed by atoms with E-state index < -0.39 is 36.2 Å². The molecule has 1 aromatic rings. The third-order valence-electron chi connectivity index (χ3n) is 2.69. The smallest absolute Gasteiger partial charge is 1.00 e. The molecule has 1 aromatic carbocycles. The first-order chi connectivity index (χ1) is 9.82. The first-order valence-electron chi connectivity index (χ1n) is 5.97. The predicted octanol–water partition coefficient (Wildman–Crippen LogP) is -8.82. The van der Waals surface area contributed by atoms with E-state index in [-0.39, 0.29) is 110 Å². The Morgan fingerprint density at radius 2 is 1.54 bits per heavy atom. The minimum absolute atomic E-state index is 0. The number of carbonyl (C=O) groups is 4. The van der Waals surface area contributed by atoms with Crippen LogP contribution in [0.3, 0.4) is 0 Å². The van der Waals surface area contributed by atoms with Gasteiger partial charge < -0.3 is 25.5 Å². The summed E-state index contributed by atoms with van der Waals surface area (Å²) in [6.07, 6.45) is -0.677. The molecule has 0 aliphatic carbocycles. The molecule has 118 valence electrons. The Morgan fingerprint density at radius 3 is 1.96 bits per heavy atom. The van der Waals surface area contributed by atoms with Crippen molar-refractivity contribution in [1.29, 1.82) is 0 Å². The summed E-state index contributed by atoms with van der Waals surface area (Å²) in [6.45, 7) is 0. The molecule has 5 N–H and O–H groups in total. The van der Waals surface area contributed by atoms with Gasteiger partial charge in [-0.15, -0.1) is 0 Å². The molecule has 0 radical (unpaired) electrons. The molecule has 24 heavy (non-hydrogen) atoms. The van der Waals surface area contributed by atoms with Gasteiger partial charge in [-0.25, -0.2) is 4.79 Å². The van der Waals surface area contributed by atoms with Crippen LogP contribution in [0.25, 0.3) is 0 Å². The fourth-order valence-electron chi connectivity index (χ4n) is 1.66. The number of carboxylic acids is 2. The Hall–Kier alpha value is 0.1000. The van der Waals surface area contributed by atoms with Crippen LogP contribution in [0.5, 0.6) is 0 Å². The summed E-state index contributed by atoms with van der Waals surface area (Å²) in [5.41, 5.74) is 5.02. The summed E-state index contributed by atoms with van der Waals surface area (Å²) in [5, 5.41) is 19.7. The van der Waals surface area contributed by atoms with Gasteiger partial charge in [-0.3, -0.25) is 14.4 Å². The van der Waals surface area contributed by atoms with Crippen LogP contribution in [0.4, 0.5) is 0 Å². The predicted molar refractivity (Wildman–Crippen MR) is 74.1 cm³/mol. The van der Waals surface area contributed by atoms with Gasteiger partial charge in [0, 0.05) is 6.42 Å². The average molecular weight is 366 g/mol. The summed E-state index contributed by atoms with van der Waals surface area (Å²) in [6, 6.07) is 4.30. The molecule has 1 rings (SSSR count). The molecule has 11 heteroatoms. The van der Waals surface area contributed by atoms with E-state index in [9.17, 15) is 19.2 Å². The van der Waals surface area contributed by atoms with Crippen LogP contribution in [0.15, 0.2) is 24.3 Å². The summed E-state index contributed by atoms with van der Waals surface area (Å²) < 4.78 is 0. The van der Waals surface area contributed by atoms with Crippen LogP contribution in [-0.2, 0) is 9.59 Å². The molecule has 8 nitrogen and oxygen atoms in total. The average Bonchev–Trinajstić information content (AvgIpc) is 2.42. The molecular weight excluding hydrogens is 349 g/mol. The minimum atomic E-state index is -1.37. The van der Waals surface area contributed by atoms with Crippen LogP contribution >= 0.6 is 0 Å². The van der Waals surface area contributed by atoms with Crippen LogP contribution in [0.2, 0.25) is 0 Å². The molecule has 0 aliphatic rings. The fraction of sp³-hybridized carbons (Fsp3) is 0.231. The van der Waals surface area contributed by atoms with Crippen molar-refractivity contribution in [2.75, 3.05) is 0 Å². The molecule has 0 aromatic heterocycles. The zero-order valence-electron chi connectivity index (χ0n) is 16.9. The Labute approximate surface area is 209 Å². The van der Waals surface area contributed by atoms with E-state index in [1.165, 1.54) is 24.3 Å². The van der Waals surface area contributed by atoms with E-state index in [1.54, 1.807) is 0 Å². The van der Waals surface area contributed by atoms with E-state index in [0.29, 0.717) is 0 Å². The maximum atomic E-state index is 12.0. The van der Waals surface area contributed by atoms with E-state index >= 15 is 0 Å². The number of carboxylic acid groups (broad SMARTS) is 2. The third-order valence-corrected chi connectivity index (χ3v) is 2.69. The summed E-state index contributed by atoms with van der Waals surface area (Å²) in [5.74, 6) is -4.16. The maximum absolute atomic E-state index is 12.0. The van der Waals surface area contributed by atoms with Crippen LogP contribution in [-0.4, -0.2) is 40.0 Å². The molecule has 0 spiro atoms. The number of aliphatic carboxylic acids is 2. The van der Waals surface area contributed by atoms with Crippen molar-refractivity contribution in [3.63, 3.8) is 0 Å². The molecule has 0 saturated carbocycles. The molecule has 0 aliphatic heterocycles. The van der Waals surface area contributed by atoms with Crippen molar-refractivity contribution in [2.45, 2.75) is 18.9 Å². The van der Waals surface area contributed by atoms with Gasteiger partial charge in [-0.05, 0) is 18.6 Å². The van der Waals surface area contributed by atoms with Crippen molar-refractivity contribution in [1.82, 2.24) is 5.32 Å². The van der Waals surface area contributed by atoms with Crippen molar-refractivity contribution in [3.8, 4) is 0 Å². The SMILES string of the molecule is NC(=O)c1ccccc1C(=O)N[C@@H](CCC(=O)O)C(=O)O.[H-].[H-].[H-].[Na+].[Na+].[Na+]. The first kappa shape index (κ1) is 28.9. The van der Waals surface area contributed by atoms with Crippen molar-refractivity contribution >= 4 is 23.8 Å². The molecule has 0 saturated heterocycles. The number of amides is 2. The van der Waals surface area contributed by atoms with Gasteiger partial charge >= 0.3 is 101 Å². The number of nitrogens with two attached hydrogens (primary N) is 1. The normalized spacial score (nSPS) is 10.0. The summed E-state index contributed by atoms with van der Waals surface area (Å²) in [4.78, 5) is 44.7. The summed E-state index contributed by atoms with van der Waals surface area (Å²) >= 11 is 0. The molecule has 2 amide bonds. The van der Waals surface area contributed by atoms with Gasteiger partial charge in [0.2, 0.25) is 5.91 Å². The number of benzene rings is 1. The largest absolute Gasteiger partial charge is 1.00 e. The number of nitrogens with one attached hydrogen (secondary N) is 1. The monoisotopic (exact) mass is 366 g/mol. The van der Waals surface area contributed by atoms with Crippen LogP contribution < -0.4 is 99.7 Å².